The summed E-state index contributed by atoms with van der Waals surface area (Å²) >= 11 is 0. The van der Waals surface area contributed by atoms with Gasteiger partial charge in [0.25, 0.3) is 10.0 Å². The first-order chi connectivity index (χ1) is 18.5. The molecule has 8 heteroatoms. The number of fused-ring (bicyclic) bond motifs is 5. The van der Waals surface area contributed by atoms with Gasteiger partial charge in [-0.2, -0.15) is 9.57 Å². The fraction of sp³-hybridized carbons (Fsp3) is 0.806. The fourth-order valence-electron chi connectivity index (χ4n) is 9.65. The molecule has 7 nitrogen and oxygen atoms in total. The van der Waals surface area contributed by atoms with Crippen molar-refractivity contribution in [2.75, 3.05) is 20.3 Å². The second kappa shape index (κ2) is 11.0. The minimum absolute atomic E-state index is 0.0103. The van der Waals surface area contributed by atoms with Gasteiger partial charge in [0.1, 0.15) is 6.07 Å². The highest BCUT2D eigenvalue weighted by Gasteiger charge is 2.59. The average Bonchev–Trinajstić information content (AvgIpc) is 3.29. The van der Waals surface area contributed by atoms with Crippen molar-refractivity contribution in [3.8, 4) is 6.07 Å². The second-order valence-corrected chi connectivity index (χ2v) is 15.3. The summed E-state index contributed by atoms with van der Waals surface area (Å²) in [4.78, 5) is 4.10. The number of rotatable bonds is 8. The fourth-order valence-corrected chi connectivity index (χ4v) is 11.0. The lowest BCUT2D eigenvalue weighted by molar-refractivity contribution is -0.114. The molecule has 0 aromatic carbocycles. The van der Waals surface area contributed by atoms with E-state index in [0.717, 1.165) is 56.3 Å². The molecule has 1 N–H and O–H groups in total. The molecule has 0 spiro atoms. The van der Waals surface area contributed by atoms with Crippen LogP contribution >= 0.6 is 0 Å². The van der Waals surface area contributed by atoms with Gasteiger partial charge in [-0.1, -0.05) is 6.92 Å². The smallest absolute Gasteiger partial charge is 0.260 e. The van der Waals surface area contributed by atoms with E-state index < -0.39 is 15.6 Å². The van der Waals surface area contributed by atoms with Crippen LogP contribution in [-0.2, 0) is 14.8 Å². The molecule has 4 saturated carbocycles. The zero-order chi connectivity index (χ0) is 28.0. The molecule has 0 radical (unpaired) electrons. The van der Waals surface area contributed by atoms with Crippen molar-refractivity contribution in [2.45, 2.75) is 102 Å². The Morgan fingerprint density at radius 2 is 1.92 bits per heavy atom. The molecule has 4 fully saturated rings. The Labute approximate surface area is 235 Å². The molecule has 216 valence electrons. The standard InChI is InChI=1S/C31H47N3O4S/c1-5-38-17-16-31(35)15-13-24-23(18-31)7-8-26-25(24)12-14-30(3)27(9-10-28(26)30)21(2)34(4)39(36,37)29-11-6-22(19-32)20-33-29/h6,11,20-21,23-28,35H,5,7-10,12-18H2,1-4H3/t21-,23-,24+,25-,26-,27-,28+,30-,31+/m1/s1. The zero-order valence-electron chi connectivity index (χ0n) is 24.2. The number of aromatic nitrogens is 1. The Kier molecular flexibility index (Phi) is 8.20. The van der Waals surface area contributed by atoms with Crippen LogP contribution < -0.4 is 0 Å². The van der Waals surface area contributed by atoms with Crippen molar-refractivity contribution in [3.63, 3.8) is 0 Å². The molecule has 0 unspecified atom stereocenters. The van der Waals surface area contributed by atoms with Gasteiger partial charge in [-0.15, -0.1) is 0 Å². The van der Waals surface area contributed by atoms with Crippen LogP contribution in [0.1, 0.15) is 90.5 Å². The average molecular weight is 558 g/mol. The number of hydrogen-bond donors (Lipinski definition) is 1. The molecule has 4 aliphatic rings. The first kappa shape index (κ1) is 29.0. The number of nitriles is 1. The van der Waals surface area contributed by atoms with Gasteiger partial charge in [-0.3, -0.25) is 0 Å². The van der Waals surface area contributed by atoms with E-state index in [4.69, 9.17) is 10.00 Å². The zero-order valence-corrected chi connectivity index (χ0v) is 25.0. The summed E-state index contributed by atoms with van der Waals surface area (Å²) in [7, 11) is -2.05. The van der Waals surface area contributed by atoms with Gasteiger partial charge in [-0.05, 0) is 131 Å². The maximum atomic E-state index is 13.5. The number of nitrogens with zero attached hydrogens (tertiary/aromatic N) is 3. The number of aliphatic hydroxyl groups is 1. The second-order valence-electron chi connectivity index (χ2n) is 13.3. The molecular weight excluding hydrogens is 510 g/mol. The van der Waals surface area contributed by atoms with E-state index in [-0.39, 0.29) is 16.5 Å². The number of ether oxygens (including phenoxy) is 1. The Balaban J connectivity index is 1.27. The lowest BCUT2D eigenvalue weighted by Gasteiger charge is -2.57. The van der Waals surface area contributed by atoms with Gasteiger partial charge < -0.3 is 9.84 Å². The summed E-state index contributed by atoms with van der Waals surface area (Å²) in [6, 6.07) is 4.85. The van der Waals surface area contributed by atoms with Crippen LogP contribution in [0.5, 0.6) is 0 Å². The largest absolute Gasteiger partial charge is 0.390 e. The van der Waals surface area contributed by atoms with Gasteiger partial charge in [0.15, 0.2) is 5.03 Å². The summed E-state index contributed by atoms with van der Waals surface area (Å²) < 4.78 is 34.0. The summed E-state index contributed by atoms with van der Waals surface area (Å²) in [5.41, 5.74) is -0.0575. The molecule has 0 aliphatic heterocycles. The minimum Gasteiger partial charge on any atom is -0.390 e. The molecule has 1 aromatic rings. The van der Waals surface area contributed by atoms with Gasteiger partial charge in [0, 0.05) is 32.5 Å². The Morgan fingerprint density at radius 3 is 2.62 bits per heavy atom. The quantitative estimate of drug-likeness (QED) is 0.430. The number of hydrogen-bond acceptors (Lipinski definition) is 6. The predicted octanol–water partition coefficient (Wildman–Crippen LogP) is 5.39. The normalized spacial score (nSPS) is 38.9. The number of sulfonamides is 1. The molecule has 0 bridgehead atoms. The third-order valence-corrected chi connectivity index (χ3v) is 13.6. The van der Waals surface area contributed by atoms with E-state index in [1.165, 1.54) is 48.3 Å². The third kappa shape index (κ3) is 5.18. The van der Waals surface area contributed by atoms with E-state index in [1.807, 2.05) is 13.0 Å². The molecule has 0 amide bonds. The Morgan fingerprint density at radius 1 is 1.15 bits per heavy atom. The molecule has 1 heterocycles. The first-order valence-corrected chi connectivity index (χ1v) is 16.6. The van der Waals surface area contributed by atoms with E-state index in [2.05, 4.69) is 18.8 Å². The third-order valence-electron chi connectivity index (χ3n) is 11.8. The van der Waals surface area contributed by atoms with Gasteiger partial charge in [0.05, 0.1) is 11.2 Å². The van der Waals surface area contributed by atoms with Crippen LogP contribution in [0, 0.1) is 52.3 Å². The van der Waals surface area contributed by atoms with Crippen LogP contribution in [0.25, 0.3) is 0 Å². The van der Waals surface area contributed by atoms with Crippen LogP contribution in [-0.4, -0.2) is 54.7 Å². The molecule has 1 aromatic heterocycles. The monoisotopic (exact) mass is 557 g/mol. The summed E-state index contributed by atoms with van der Waals surface area (Å²) in [5.74, 6) is 3.78. The first-order valence-electron chi connectivity index (χ1n) is 15.2. The molecule has 0 saturated heterocycles. The van der Waals surface area contributed by atoms with Gasteiger partial charge >= 0.3 is 0 Å². The van der Waals surface area contributed by atoms with Crippen LogP contribution in [0.3, 0.4) is 0 Å². The van der Waals surface area contributed by atoms with Crippen molar-refractivity contribution in [1.82, 2.24) is 9.29 Å². The van der Waals surface area contributed by atoms with Crippen LogP contribution in [0.2, 0.25) is 0 Å². The lowest BCUT2D eigenvalue weighted by Crippen LogP contribution is -2.53. The van der Waals surface area contributed by atoms with Gasteiger partial charge in [0.2, 0.25) is 0 Å². The van der Waals surface area contributed by atoms with Crippen molar-refractivity contribution >= 4 is 10.0 Å². The van der Waals surface area contributed by atoms with E-state index in [0.29, 0.717) is 36.5 Å². The Bertz CT molecular complexity index is 1170. The van der Waals surface area contributed by atoms with Crippen molar-refractivity contribution in [2.24, 2.45) is 40.9 Å². The van der Waals surface area contributed by atoms with Crippen molar-refractivity contribution < 1.29 is 18.3 Å². The predicted molar refractivity (Wildman–Crippen MR) is 150 cm³/mol. The SMILES string of the molecule is CCOCC[C@@]1(O)CC[C@H]2[C@H](CC[C@@H]3[C@@H]2CC[C@]2(C)[C@@H]([C@@H](C)N(C)S(=O)(=O)c4ccc(C#N)cn4)CC[C@@H]32)C1. The summed E-state index contributed by atoms with van der Waals surface area (Å²) in [6.45, 7) is 7.90. The van der Waals surface area contributed by atoms with Crippen LogP contribution in [0.15, 0.2) is 23.4 Å². The number of pyridine rings is 1. The topological polar surface area (TPSA) is 104 Å². The lowest BCUT2D eigenvalue weighted by atomic mass is 9.48. The maximum absolute atomic E-state index is 13.5. The highest BCUT2D eigenvalue weighted by Crippen LogP contribution is 2.65. The summed E-state index contributed by atoms with van der Waals surface area (Å²) in [6.07, 6.45) is 12.2. The summed E-state index contributed by atoms with van der Waals surface area (Å²) in [5, 5.41) is 20.4. The van der Waals surface area contributed by atoms with Gasteiger partial charge in [-0.25, -0.2) is 13.4 Å². The molecule has 9 atom stereocenters. The van der Waals surface area contributed by atoms with Crippen molar-refractivity contribution in [1.29, 1.82) is 5.26 Å². The molecule has 4 aliphatic carbocycles. The van der Waals surface area contributed by atoms with E-state index in [9.17, 15) is 13.5 Å². The van der Waals surface area contributed by atoms with Crippen molar-refractivity contribution in [3.05, 3.63) is 23.9 Å². The molecule has 5 rings (SSSR count). The highest BCUT2D eigenvalue weighted by atomic mass is 32.2. The molecular formula is C31H47N3O4S. The van der Waals surface area contributed by atoms with E-state index in [1.54, 1.807) is 7.05 Å². The molecule has 39 heavy (non-hydrogen) atoms. The Hall–Kier alpha value is -1.53. The maximum Gasteiger partial charge on any atom is 0.260 e. The highest BCUT2D eigenvalue weighted by molar-refractivity contribution is 7.89. The van der Waals surface area contributed by atoms with Crippen LogP contribution in [0.4, 0.5) is 0 Å². The minimum atomic E-state index is -3.74. The van der Waals surface area contributed by atoms with E-state index >= 15 is 0 Å².